The Balaban J connectivity index is 2.45. The van der Waals surface area contributed by atoms with E-state index in [1.807, 2.05) is 0 Å². The summed E-state index contributed by atoms with van der Waals surface area (Å²) in [4.78, 5) is 4.34. The van der Waals surface area contributed by atoms with E-state index >= 15 is 0 Å². The topological polar surface area (TPSA) is 118 Å². The Labute approximate surface area is 78.3 Å². The molecule has 0 radical (unpaired) electrons. The molecular formula is C6H8N4O4. The summed E-state index contributed by atoms with van der Waals surface area (Å²) in [6.07, 6.45) is 0. The van der Waals surface area contributed by atoms with Crippen LogP contribution in [0.2, 0.25) is 0 Å². The Morgan fingerprint density at radius 3 is 2.50 bits per heavy atom. The van der Waals surface area contributed by atoms with Crippen LogP contribution in [0.5, 0.6) is 0 Å². The molecule has 0 bridgehead atoms. The molecule has 0 amide bonds. The second-order valence-electron chi connectivity index (χ2n) is 2.80. The van der Waals surface area contributed by atoms with E-state index in [1.54, 1.807) is 0 Å². The van der Waals surface area contributed by atoms with E-state index in [0.717, 1.165) is 0 Å². The number of rotatable bonds is 1. The summed E-state index contributed by atoms with van der Waals surface area (Å²) < 4.78 is 0. The van der Waals surface area contributed by atoms with Gasteiger partial charge in [-0.2, -0.15) is 5.84 Å². The first-order valence-corrected chi connectivity index (χ1v) is 3.80. The molecule has 8 nitrogen and oxygen atoms in total. The van der Waals surface area contributed by atoms with Gasteiger partial charge in [0.15, 0.2) is 5.69 Å². The summed E-state index contributed by atoms with van der Waals surface area (Å²) in [5.74, 6) is 5.01. The van der Waals surface area contributed by atoms with Crippen molar-refractivity contribution in [1.29, 1.82) is 0 Å². The van der Waals surface area contributed by atoms with Crippen LogP contribution in [0.3, 0.4) is 0 Å². The molecule has 2 rings (SSSR count). The average molecular weight is 200 g/mol. The maximum atomic E-state index is 11.1. The lowest BCUT2D eigenvalue weighted by molar-refractivity contribution is -1.24. The molecule has 0 saturated heterocycles. The highest BCUT2D eigenvalue weighted by atomic mass is 17.1. The second kappa shape index (κ2) is 3.24. The molecule has 1 heterocycles. The van der Waals surface area contributed by atoms with Gasteiger partial charge in [-0.1, -0.05) is 0 Å². The highest BCUT2D eigenvalue weighted by molar-refractivity contribution is 5.57. The largest absolute Gasteiger partial charge is 0.608 e. The molecule has 1 aliphatic heterocycles. The third-order valence-corrected chi connectivity index (χ3v) is 1.93. The zero-order valence-electron chi connectivity index (χ0n) is 6.94. The Hall–Kier alpha value is -1.10. The number of nitrogens with one attached hydrogen (secondary N) is 3. The summed E-state index contributed by atoms with van der Waals surface area (Å²) in [6.45, 7) is 0. The van der Waals surface area contributed by atoms with Gasteiger partial charge in [0.2, 0.25) is 11.4 Å². The highest BCUT2D eigenvalue weighted by Gasteiger charge is 2.30. The van der Waals surface area contributed by atoms with Gasteiger partial charge < -0.3 is 15.6 Å². The third kappa shape index (κ3) is 1.37. The number of nitrogens with two attached hydrogens (primary N) is 1. The zero-order chi connectivity index (χ0) is 10.3. The number of hydrogen-bond acceptors (Lipinski definition) is 5. The van der Waals surface area contributed by atoms with Gasteiger partial charge in [0.05, 0.1) is 6.07 Å². The van der Waals surface area contributed by atoms with Crippen LogP contribution in [-0.4, -0.2) is 0 Å². The SMILES string of the molecule is N[NH+]([O-])c1ccc2c(c1)[NH+]([O-])O[NH+]2[O-]. The van der Waals surface area contributed by atoms with Crippen LogP contribution in [0.1, 0.15) is 0 Å². The lowest BCUT2D eigenvalue weighted by atomic mass is 10.2. The maximum absolute atomic E-state index is 11.1. The van der Waals surface area contributed by atoms with Gasteiger partial charge in [-0.15, -0.1) is 10.5 Å². The molecule has 1 aliphatic rings. The summed E-state index contributed by atoms with van der Waals surface area (Å²) >= 11 is 0. The first-order chi connectivity index (χ1) is 6.59. The number of fused-ring (bicyclic) bond motifs is 1. The van der Waals surface area contributed by atoms with Crippen LogP contribution >= 0.6 is 0 Å². The van der Waals surface area contributed by atoms with Crippen LogP contribution in [-0.2, 0) is 4.94 Å². The molecule has 8 heteroatoms. The lowest BCUT2D eigenvalue weighted by Gasteiger charge is -2.14. The van der Waals surface area contributed by atoms with Crippen molar-refractivity contribution in [3.63, 3.8) is 0 Å². The third-order valence-electron chi connectivity index (χ3n) is 1.93. The quantitative estimate of drug-likeness (QED) is 0.213. The molecule has 1 aromatic carbocycles. The van der Waals surface area contributed by atoms with Crippen molar-refractivity contribution >= 4 is 17.1 Å². The van der Waals surface area contributed by atoms with Gasteiger partial charge in [-0.3, -0.25) is 5.17 Å². The van der Waals surface area contributed by atoms with E-state index in [2.05, 4.69) is 4.94 Å². The first kappa shape index (κ1) is 9.45. The number of benzene rings is 1. The van der Waals surface area contributed by atoms with Gasteiger partial charge in [-0.05, 0) is 0 Å². The molecule has 0 aromatic heterocycles. The van der Waals surface area contributed by atoms with Crippen molar-refractivity contribution < 1.29 is 20.6 Å². The van der Waals surface area contributed by atoms with Crippen LogP contribution in [0, 0.1) is 15.6 Å². The fourth-order valence-electron chi connectivity index (χ4n) is 1.24. The van der Waals surface area contributed by atoms with Crippen LogP contribution in [0.15, 0.2) is 18.2 Å². The van der Waals surface area contributed by atoms with E-state index in [0.29, 0.717) is 0 Å². The molecule has 1 aromatic rings. The molecule has 5 N–H and O–H groups in total. The standard InChI is InChI=1S/C6H8N4O4/c7-8(11)4-1-2-5-6(3-4)10(13)14-9(5)12/h1-3,8-10H,7H2. The minimum absolute atomic E-state index is 0.0892. The molecule has 76 valence electrons. The van der Waals surface area contributed by atoms with Crippen molar-refractivity contribution in [3.05, 3.63) is 33.8 Å². The van der Waals surface area contributed by atoms with E-state index in [-0.39, 0.29) is 17.1 Å². The number of quaternary nitrogens is 3. The molecule has 14 heavy (non-hydrogen) atoms. The Morgan fingerprint density at radius 1 is 1.21 bits per heavy atom. The normalized spacial score (nSPS) is 27.4. The fourth-order valence-corrected chi connectivity index (χ4v) is 1.24. The smallest absolute Gasteiger partial charge is 0.239 e. The van der Waals surface area contributed by atoms with Crippen LogP contribution in [0.4, 0.5) is 17.1 Å². The predicted octanol–water partition coefficient (Wildman–Crippen LogP) is -3.54. The predicted molar refractivity (Wildman–Crippen MR) is 43.7 cm³/mol. The van der Waals surface area contributed by atoms with Gasteiger partial charge in [0, 0.05) is 17.1 Å². The zero-order valence-corrected chi connectivity index (χ0v) is 6.94. The molecule has 0 spiro atoms. The molecular weight excluding hydrogens is 192 g/mol. The summed E-state index contributed by atoms with van der Waals surface area (Å²) in [5, 5.41) is 30.7. The minimum atomic E-state index is -0.742. The van der Waals surface area contributed by atoms with Crippen molar-refractivity contribution in [2.45, 2.75) is 0 Å². The van der Waals surface area contributed by atoms with Gasteiger partial charge in [-0.25, -0.2) is 0 Å². The van der Waals surface area contributed by atoms with E-state index in [9.17, 15) is 15.6 Å². The molecule has 3 unspecified atom stereocenters. The van der Waals surface area contributed by atoms with E-state index < -0.39 is 15.6 Å². The van der Waals surface area contributed by atoms with Gasteiger partial charge >= 0.3 is 0 Å². The molecule has 3 atom stereocenters. The van der Waals surface area contributed by atoms with Crippen LogP contribution in [0.25, 0.3) is 0 Å². The van der Waals surface area contributed by atoms with Crippen molar-refractivity contribution in [1.82, 2.24) is 0 Å². The van der Waals surface area contributed by atoms with Crippen molar-refractivity contribution in [3.8, 4) is 0 Å². The van der Waals surface area contributed by atoms with Crippen molar-refractivity contribution in [2.75, 3.05) is 0 Å². The van der Waals surface area contributed by atoms with Gasteiger partial charge in [0.25, 0.3) is 0 Å². The first-order valence-electron chi connectivity index (χ1n) is 3.80. The molecule has 0 aliphatic carbocycles. The number of nitrogen functional groups attached to an aromatic ring is 1. The average Bonchev–Trinajstić information content (AvgIpc) is 2.42. The Morgan fingerprint density at radius 2 is 1.86 bits per heavy atom. The summed E-state index contributed by atoms with van der Waals surface area (Å²) in [6, 6.07) is 3.98. The van der Waals surface area contributed by atoms with Crippen LogP contribution < -0.4 is 21.5 Å². The maximum Gasteiger partial charge on any atom is 0.239 e. The monoisotopic (exact) mass is 200 g/mol. The summed E-state index contributed by atoms with van der Waals surface area (Å²) in [5.41, 5.74) is 0.432. The number of hydrogen-bond donors (Lipinski definition) is 4. The summed E-state index contributed by atoms with van der Waals surface area (Å²) in [7, 11) is 0. The molecule has 0 fully saturated rings. The van der Waals surface area contributed by atoms with Crippen molar-refractivity contribution in [2.24, 2.45) is 5.84 Å². The van der Waals surface area contributed by atoms with E-state index in [1.165, 1.54) is 18.2 Å². The molecule has 0 saturated carbocycles. The lowest BCUT2D eigenvalue weighted by Crippen LogP contribution is -3.15. The minimum Gasteiger partial charge on any atom is -0.608 e. The van der Waals surface area contributed by atoms with Gasteiger partial charge in [0.1, 0.15) is 0 Å². The Kier molecular flexibility index (Phi) is 2.19. The second-order valence-corrected chi connectivity index (χ2v) is 2.80. The highest BCUT2D eigenvalue weighted by Crippen LogP contribution is 2.18. The Bertz CT molecular complexity index is 358. The fraction of sp³-hybridized carbons (Fsp3) is 0. The van der Waals surface area contributed by atoms with E-state index in [4.69, 9.17) is 5.84 Å².